The van der Waals surface area contributed by atoms with Gasteiger partial charge in [-0.05, 0) is 136 Å². The molecule has 2 aromatic carbocycles. The van der Waals surface area contributed by atoms with Gasteiger partial charge in [-0.1, -0.05) is 24.3 Å². The lowest BCUT2D eigenvalue weighted by molar-refractivity contribution is -0.384. The van der Waals surface area contributed by atoms with Crippen LogP contribution in [0.2, 0.25) is 0 Å². The summed E-state index contributed by atoms with van der Waals surface area (Å²) in [6.07, 6.45) is 20.3. The molecule has 1 amide bonds. The van der Waals surface area contributed by atoms with E-state index in [2.05, 4.69) is 63.4 Å². The Hall–Kier alpha value is -5.59. The molecule has 3 aromatic heterocycles. The van der Waals surface area contributed by atoms with Crippen LogP contribution in [0.4, 0.5) is 17.2 Å². The smallest absolute Gasteiger partial charge is 0.312 e. The second kappa shape index (κ2) is 18.1. The van der Waals surface area contributed by atoms with Gasteiger partial charge in [-0.2, -0.15) is 0 Å². The molecule has 2 saturated heterocycles. The molecule has 0 bridgehead atoms. The molecule has 18 heteroatoms. The Morgan fingerprint density at radius 2 is 1.69 bits per heavy atom. The SMILES string of the molecule is CS(C)(=O)=N[C@H]1CC[C@@H](CNc2ncc(S(=O)(=O)NC(=O)c3ccc(N4CCC5(CC4)CC(N4CCC[C@@H]4c4ccccc4C4CC4)C5)cc3Oc3cnc4[nH]ccc4c3)cc2[N+](=O)[O-])CC1. The van der Waals surface area contributed by atoms with Crippen molar-refractivity contribution in [3.63, 3.8) is 0 Å². The van der Waals surface area contributed by atoms with Crippen LogP contribution in [0.1, 0.15) is 110 Å². The van der Waals surface area contributed by atoms with Crippen LogP contribution in [0.3, 0.4) is 0 Å². The third-order valence-electron chi connectivity index (χ3n) is 14.8. The first kappa shape index (κ1) is 45.2. The predicted molar refractivity (Wildman–Crippen MR) is 259 cm³/mol. The molecule has 0 unspecified atom stereocenters. The first-order chi connectivity index (χ1) is 32.2. The summed E-state index contributed by atoms with van der Waals surface area (Å²) >= 11 is 0. The first-order valence-electron chi connectivity index (χ1n) is 23.7. The third-order valence-corrected chi connectivity index (χ3v) is 16.9. The van der Waals surface area contributed by atoms with Crippen LogP contribution < -0.4 is 19.7 Å². The number of H-pyrrole nitrogens is 1. The summed E-state index contributed by atoms with van der Waals surface area (Å²) in [6, 6.07) is 20.0. The molecule has 10 rings (SSSR count). The maximum atomic E-state index is 14.0. The number of amides is 1. The van der Waals surface area contributed by atoms with Gasteiger partial charge in [0.1, 0.15) is 22.0 Å². The van der Waals surface area contributed by atoms with E-state index in [4.69, 9.17) is 4.74 Å². The molecule has 1 spiro atoms. The lowest BCUT2D eigenvalue weighted by atomic mass is 9.59. The molecule has 3 aliphatic carbocycles. The molecule has 5 aliphatic rings. The van der Waals surface area contributed by atoms with Crippen LogP contribution in [0.5, 0.6) is 11.5 Å². The summed E-state index contributed by atoms with van der Waals surface area (Å²) in [4.78, 5) is 41.7. The van der Waals surface area contributed by atoms with Crippen LogP contribution in [-0.2, 0) is 19.8 Å². The van der Waals surface area contributed by atoms with Crippen molar-refractivity contribution < 1.29 is 27.1 Å². The zero-order chi connectivity index (χ0) is 46.5. The summed E-state index contributed by atoms with van der Waals surface area (Å²) in [5, 5.41) is 16.0. The van der Waals surface area contributed by atoms with Crippen molar-refractivity contribution in [1.29, 1.82) is 0 Å². The van der Waals surface area contributed by atoms with Gasteiger partial charge in [0.15, 0.2) is 0 Å². The minimum atomic E-state index is -4.64. The minimum Gasteiger partial charge on any atom is -0.455 e. The molecule has 2 aliphatic heterocycles. The summed E-state index contributed by atoms with van der Waals surface area (Å²) in [6.45, 7) is 3.23. The number of piperidine rings is 1. The normalized spacial score (nSPS) is 22.4. The van der Waals surface area contributed by atoms with E-state index in [1.54, 1.807) is 48.0 Å². The highest BCUT2D eigenvalue weighted by Gasteiger charge is 2.50. The molecule has 3 N–H and O–H groups in total. The predicted octanol–water partition coefficient (Wildman–Crippen LogP) is 8.94. The van der Waals surface area contributed by atoms with Gasteiger partial charge in [0.2, 0.25) is 5.82 Å². The molecule has 1 atom stereocenters. The van der Waals surface area contributed by atoms with Crippen LogP contribution in [0.25, 0.3) is 11.0 Å². The van der Waals surface area contributed by atoms with Gasteiger partial charge in [-0.3, -0.25) is 24.0 Å². The Kier molecular flexibility index (Phi) is 12.2. The van der Waals surface area contributed by atoms with Gasteiger partial charge in [0, 0.05) is 83.4 Å². The number of nitro groups is 1. The fourth-order valence-corrected chi connectivity index (χ4v) is 13.1. The van der Waals surface area contributed by atoms with E-state index in [-0.39, 0.29) is 29.1 Å². The Bertz CT molecular complexity index is 2920. The average Bonchev–Trinajstić information content (AvgIpc) is 3.84. The van der Waals surface area contributed by atoms with E-state index in [0.717, 1.165) is 80.9 Å². The second-order valence-electron chi connectivity index (χ2n) is 19.8. The molecule has 16 nitrogen and oxygen atoms in total. The number of ether oxygens (including phenoxy) is 1. The molecule has 354 valence electrons. The Labute approximate surface area is 392 Å². The zero-order valence-electron chi connectivity index (χ0n) is 38.1. The maximum Gasteiger partial charge on any atom is 0.312 e. The molecule has 5 fully saturated rings. The summed E-state index contributed by atoms with van der Waals surface area (Å²) in [5.74, 6) is 0.379. The number of carbonyl (C=O) groups excluding carboxylic acids is 1. The van der Waals surface area contributed by atoms with Gasteiger partial charge in [-0.15, -0.1) is 0 Å². The van der Waals surface area contributed by atoms with E-state index in [1.165, 1.54) is 51.3 Å². The number of aromatic nitrogens is 3. The van der Waals surface area contributed by atoms with Gasteiger partial charge >= 0.3 is 5.69 Å². The lowest BCUT2D eigenvalue weighted by Gasteiger charge is -2.56. The Morgan fingerprint density at radius 1 is 0.925 bits per heavy atom. The largest absolute Gasteiger partial charge is 0.455 e. The number of nitrogens with zero attached hydrogens (tertiary/aromatic N) is 6. The van der Waals surface area contributed by atoms with Crippen LogP contribution >= 0.6 is 0 Å². The van der Waals surface area contributed by atoms with Gasteiger partial charge in [-0.25, -0.2) is 27.5 Å². The summed E-state index contributed by atoms with van der Waals surface area (Å²) in [5.41, 5.74) is 4.38. The van der Waals surface area contributed by atoms with E-state index in [0.29, 0.717) is 35.4 Å². The number of rotatable bonds is 14. The van der Waals surface area contributed by atoms with Crippen LogP contribution in [0.15, 0.2) is 88.5 Å². The minimum absolute atomic E-state index is 0.0229. The molecular formula is C49H59N9O7S2. The number of hydrogen-bond donors (Lipinski definition) is 3. The number of likely N-dealkylation sites (tertiary alicyclic amines) is 1. The van der Waals surface area contributed by atoms with E-state index in [1.807, 2.05) is 12.1 Å². The van der Waals surface area contributed by atoms with Crippen molar-refractivity contribution in [3.05, 3.63) is 106 Å². The molecular weight excluding hydrogens is 891 g/mol. The Balaban J connectivity index is 0.819. The number of pyridine rings is 2. The molecule has 67 heavy (non-hydrogen) atoms. The standard InChI is InChI=1S/C49H59N9O7S2/c1-66(2,62)54-35-13-9-32(10-14-35)29-51-47-44(58(60)61)26-39(31-53-47)67(63,64)55-48(59)42-16-15-36(25-45(42)65-38-24-34-17-20-50-46(34)52-30-38)56-22-18-49(19-23-56)27-37(28-49)57-21-5-8-43(57)41-7-4-3-6-40(41)33-11-12-33/h3-4,6-7,15-17,20,24-26,30-33,35,37,43H,5,8-14,18-19,21-23,27-29H2,1-2H3,(H,50,52)(H,51,53)(H,55,59)/t32-,35+,43-/m1/s1. The van der Waals surface area contributed by atoms with Crippen molar-refractivity contribution >= 4 is 53.9 Å². The fraction of sp³-hybridized carbons (Fsp3) is 0.490. The Morgan fingerprint density at radius 3 is 2.42 bits per heavy atom. The van der Waals surface area contributed by atoms with Gasteiger partial charge in [0.25, 0.3) is 15.9 Å². The number of aromatic amines is 1. The van der Waals surface area contributed by atoms with Crippen molar-refractivity contribution in [3.8, 4) is 11.5 Å². The van der Waals surface area contributed by atoms with E-state index >= 15 is 0 Å². The van der Waals surface area contributed by atoms with Crippen molar-refractivity contribution in [2.45, 2.75) is 106 Å². The van der Waals surface area contributed by atoms with Gasteiger partial charge in [0.05, 0.1) is 28.9 Å². The van der Waals surface area contributed by atoms with Crippen LogP contribution in [-0.4, -0.2) is 94.1 Å². The fourth-order valence-electron chi connectivity index (χ4n) is 11.2. The number of hydrogen-bond acceptors (Lipinski definition) is 13. The molecule has 5 heterocycles. The average molecular weight is 950 g/mol. The molecule has 5 aromatic rings. The third kappa shape index (κ3) is 9.88. The maximum absolute atomic E-state index is 14.0. The number of benzene rings is 2. The summed E-state index contributed by atoms with van der Waals surface area (Å²) in [7, 11) is -6.84. The van der Waals surface area contributed by atoms with Gasteiger partial charge < -0.3 is 19.9 Å². The monoisotopic (exact) mass is 949 g/mol. The number of anilines is 2. The number of fused-ring (bicyclic) bond motifs is 1. The van der Waals surface area contributed by atoms with E-state index in [9.17, 15) is 27.5 Å². The quantitative estimate of drug-likeness (QED) is 0.0705. The highest BCUT2D eigenvalue weighted by Crippen LogP contribution is 2.55. The lowest BCUT2D eigenvalue weighted by Crippen LogP contribution is -2.54. The highest BCUT2D eigenvalue weighted by atomic mass is 32.2. The molecule has 0 radical (unpaired) electrons. The topological polar surface area (TPSA) is 205 Å². The summed E-state index contributed by atoms with van der Waals surface area (Å²) < 4.78 is 52.6. The van der Waals surface area contributed by atoms with E-state index < -0.39 is 41.2 Å². The molecule has 3 saturated carbocycles. The highest BCUT2D eigenvalue weighted by molar-refractivity contribution is 7.92. The first-order valence-corrected chi connectivity index (χ1v) is 27.5. The number of nitrogens with one attached hydrogen (secondary N) is 3. The zero-order valence-corrected chi connectivity index (χ0v) is 39.7. The van der Waals surface area contributed by atoms with Crippen molar-refractivity contribution in [2.24, 2.45) is 15.7 Å². The van der Waals surface area contributed by atoms with Crippen LogP contribution in [0, 0.1) is 21.4 Å². The van der Waals surface area contributed by atoms with Crippen molar-refractivity contribution in [1.82, 2.24) is 24.6 Å². The number of carbonyl (C=O) groups is 1. The second-order valence-corrected chi connectivity index (χ2v) is 24.0. The van der Waals surface area contributed by atoms with Crippen molar-refractivity contribution in [2.75, 3.05) is 48.9 Å². The number of sulfonamides is 1.